The Hall–Kier alpha value is -2.30. The van der Waals surface area contributed by atoms with Crippen molar-refractivity contribution in [3.63, 3.8) is 0 Å². The normalized spacial score (nSPS) is 18.6. The highest BCUT2D eigenvalue weighted by atomic mass is 19.3. The lowest BCUT2D eigenvalue weighted by atomic mass is 9.92. The molecule has 0 amide bonds. The molecule has 0 aromatic heterocycles. The van der Waals surface area contributed by atoms with Crippen molar-refractivity contribution in [3.05, 3.63) is 77.4 Å². The van der Waals surface area contributed by atoms with Gasteiger partial charge in [-0.2, -0.15) is 0 Å². The predicted molar refractivity (Wildman–Crippen MR) is 83.3 cm³/mol. The summed E-state index contributed by atoms with van der Waals surface area (Å²) in [6.07, 6.45) is 0.587. The van der Waals surface area contributed by atoms with Crippen molar-refractivity contribution in [2.75, 3.05) is 0 Å². The summed E-state index contributed by atoms with van der Waals surface area (Å²) >= 11 is 0. The molecule has 0 spiro atoms. The van der Waals surface area contributed by atoms with E-state index >= 15 is 0 Å². The number of hydrogen-bond donors (Lipinski definition) is 0. The maximum atomic E-state index is 14.5. The molecule has 1 aliphatic rings. The minimum atomic E-state index is -3.21. The zero-order chi connectivity index (χ0) is 17.3. The van der Waals surface area contributed by atoms with Gasteiger partial charge in [0.15, 0.2) is 17.7 Å². The number of fused-ring (bicyclic) bond motifs is 1. The van der Waals surface area contributed by atoms with Crippen LogP contribution in [0.4, 0.5) is 17.6 Å². The molecule has 1 aliphatic heterocycles. The summed E-state index contributed by atoms with van der Waals surface area (Å²) in [5.41, 5.74) is 0.894. The van der Waals surface area contributed by atoms with Crippen LogP contribution in [0.5, 0.6) is 5.75 Å². The van der Waals surface area contributed by atoms with Gasteiger partial charge in [0.2, 0.25) is 0 Å². The molecule has 3 rings (SSSR count). The molecule has 0 saturated heterocycles. The Bertz CT molecular complexity index is 753. The molecular formula is C19H16F4O. The van der Waals surface area contributed by atoms with Gasteiger partial charge in [-0.3, -0.25) is 0 Å². The van der Waals surface area contributed by atoms with Crippen molar-refractivity contribution in [3.8, 4) is 5.75 Å². The molecule has 1 atom stereocenters. The Kier molecular flexibility index (Phi) is 4.35. The maximum absolute atomic E-state index is 14.5. The number of ether oxygens (including phenoxy) is 1. The average molecular weight is 336 g/mol. The summed E-state index contributed by atoms with van der Waals surface area (Å²) in [4.78, 5) is 0. The summed E-state index contributed by atoms with van der Waals surface area (Å²) in [6, 6.07) is 7.48. The van der Waals surface area contributed by atoms with Crippen LogP contribution in [0, 0.1) is 11.6 Å². The van der Waals surface area contributed by atoms with Crippen molar-refractivity contribution in [2.45, 2.75) is 31.3 Å². The fourth-order valence-corrected chi connectivity index (χ4v) is 2.89. The van der Waals surface area contributed by atoms with Crippen LogP contribution in [0.15, 0.2) is 49.1 Å². The molecule has 0 radical (unpaired) electrons. The number of halogens is 4. The van der Waals surface area contributed by atoms with Gasteiger partial charge in [0, 0.05) is 12.0 Å². The highest BCUT2D eigenvalue weighted by Gasteiger charge is 2.47. The first-order valence-electron chi connectivity index (χ1n) is 7.63. The third-order valence-corrected chi connectivity index (χ3v) is 4.04. The highest BCUT2D eigenvalue weighted by molar-refractivity contribution is 5.43. The molecular weight excluding hydrogens is 320 g/mol. The SMILES string of the molecule is C=CCCc1cc(F)c2c(c1)CC(F)(F)C(c1ccc(F)cc1)O2. The van der Waals surface area contributed by atoms with Gasteiger partial charge in [0.25, 0.3) is 5.92 Å². The smallest absolute Gasteiger partial charge is 0.292 e. The standard InChI is InChI=1S/C19H16F4O/c1-2-3-4-12-9-14-11-19(22,23)18(24-17(14)16(21)10-12)13-5-7-15(20)8-6-13/h2,5-10,18H,1,3-4,11H2. The second kappa shape index (κ2) is 6.30. The fourth-order valence-electron chi connectivity index (χ4n) is 2.89. The molecule has 5 heteroatoms. The molecule has 2 aromatic carbocycles. The lowest BCUT2D eigenvalue weighted by Crippen LogP contribution is -2.37. The zero-order valence-corrected chi connectivity index (χ0v) is 12.9. The average Bonchev–Trinajstić information content (AvgIpc) is 2.52. The van der Waals surface area contributed by atoms with E-state index in [0.717, 1.165) is 12.1 Å². The first kappa shape index (κ1) is 16.6. The monoisotopic (exact) mass is 336 g/mol. The van der Waals surface area contributed by atoms with E-state index in [-0.39, 0.29) is 16.9 Å². The van der Waals surface area contributed by atoms with E-state index in [0.29, 0.717) is 18.4 Å². The van der Waals surface area contributed by atoms with Gasteiger partial charge in [0.05, 0.1) is 0 Å². The van der Waals surface area contributed by atoms with Crippen LogP contribution in [-0.4, -0.2) is 5.92 Å². The Morgan fingerprint density at radius 3 is 2.54 bits per heavy atom. The molecule has 0 N–H and O–H groups in total. The van der Waals surface area contributed by atoms with Crippen LogP contribution >= 0.6 is 0 Å². The number of rotatable bonds is 4. The minimum absolute atomic E-state index is 0.113. The zero-order valence-electron chi connectivity index (χ0n) is 12.9. The molecule has 126 valence electrons. The highest BCUT2D eigenvalue weighted by Crippen LogP contribution is 2.45. The van der Waals surface area contributed by atoms with Crippen LogP contribution in [0.2, 0.25) is 0 Å². The van der Waals surface area contributed by atoms with Crippen molar-refractivity contribution < 1.29 is 22.3 Å². The Balaban J connectivity index is 1.96. The molecule has 0 bridgehead atoms. The van der Waals surface area contributed by atoms with E-state index in [2.05, 4.69) is 6.58 Å². The summed E-state index contributed by atoms with van der Waals surface area (Å²) < 4.78 is 61.6. The molecule has 0 aliphatic carbocycles. The number of alkyl halides is 2. The van der Waals surface area contributed by atoms with E-state index in [4.69, 9.17) is 4.74 Å². The van der Waals surface area contributed by atoms with Crippen molar-refractivity contribution >= 4 is 0 Å². The third-order valence-electron chi connectivity index (χ3n) is 4.04. The minimum Gasteiger partial charge on any atom is -0.476 e. The van der Waals surface area contributed by atoms with Crippen molar-refractivity contribution in [2.24, 2.45) is 0 Å². The van der Waals surface area contributed by atoms with Gasteiger partial charge in [-0.25, -0.2) is 17.6 Å². The van der Waals surface area contributed by atoms with Gasteiger partial charge in [0.1, 0.15) is 5.82 Å². The predicted octanol–water partition coefficient (Wildman–Crippen LogP) is 5.39. The first-order valence-corrected chi connectivity index (χ1v) is 7.63. The number of allylic oxidation sites excluding steroid dienone is 1. The summed E-state index contributed by atoms with van der Waals surface area (Å²) in [7, 11) is 0. The van der Waals surface area contributed by atoms with Gasteiger partial charge in [-0.1, -0.05) is 24.3 Å². The lowest BCUT2D eigenvalue weighted by molar-refractivity contribution is -0.110. The Morgan fingerprint density at radius 1 is 1.17 bits per heavy atom. The molecule has 1 nitrogen and oxygen atoms in total. The molecule has 24 heavy (non-hydrogen) atoms. The van der Waals surface area contributed by atoms with E-state index in [1.54, 1.807) is 12.1 Å². The molecule has 1 unspecified atom stereocenters. The molecule has 1 heterocycles. The van der Waals surface area contributed by atoms with Crippen LogP contribution in [0.1, 0.15) is 29.2 Å². The summed E-state index contributed by atoms with van der Waals surface area (Å²) in [6.45, 7) is 3.59. The van der Waals surface area contributed by atoms with E-state index in [1.165, 1.54) is 18.2 Å². The quantitative estimate of drug-likeness (QED) is 0.537. The largest absolute Gasteiger partial charge is 0.476 e. The summed E-state index contributed by atoms with van der Waals surface area (Å²) in [5.74, 6) is -4.56. The Labute approximate surface area is 137 Å². The van der Waals surface area contributed by atoms with E-state index < -0.39 is 30.1 Å². The third kappa shape index (κ3) is 3.16. The number of aryl methyl sites for hydroxylation is 1. The number of hydrogen-bond acceptors (Lipinski definition) is 1. The summed E-state index contributed by atoms with van der Waals surface area (Å²) in [5, 5.41) is 0. The second-order valence-corrected chi connectivity index (χ2v) is 5.88. The Morgan fingerprint density at radius 2 is 1.88 bits per heavy atom. The van der Waals surface area contributed by atoms with Gasteiger partial charge in [-0.15, -0.1) is 6.58 Å². The molecule has 2 aromatic rings. The van der Waals surface area contributed by atoms with Gasteiger partial charge >= 0.3 is 0 Å². The van der Waals surface area contributed by atoms with Crippen LogP contribution in [0.3, 0.4) is 0 Å². The van der Waals surface area contributed by atoms with E-state index in [1.807, 2.05) is 0 Å². The van der Waals surface area contributed by atoms with Crippen LogP contribution < -0.4 is 4.74 Å². The van der Waals surface area contributed by atoms with Crippen molar-refractivity contribution in [1.29, 1.82) is 0 Å². The van der Waals surface area contributed by atoms with Gasteiger partial charge < -0.3 is 4.74 Å². The lowest BCUT2D eigenvalue weighted by Gasteiger charge is -2.34. The topological polar surface area (TPSA) is 9.23 Å². The number of benzene rings is 2. The first-order chi connectivity index (χ1) is 11.4. The fraction of sp³-hybridized carbons (Fsp3) is 0.263. The molecule has 0 fully saturated rings. The second-order valence-electron chi connectivity index (χ2n) is 5.88. The van der Waals surface area contributed by atoms with Crippen LogP contribution in [-0.2, 0) is 12.8 Å². The van der Waals surface area contributed by atoms with Gasteiger partial charge in [-0.05, 0) is 42.2 Å². The molecule has 0 saturated carbocycles. The maximum Gasteiger partial charge on any atom is 0.292 e. The van der Waals surface area contributed by atoms with E-state index in [9.17, 15) is 17.6 Å². The van der Waals surface area contributed by atoms with Crippen molar-refractivity contribution in [1.82, 2.24) is 0 Å². The van der Waals surface area contributed by atoms with Crippen LogP contribution in [0.25, 0.3) is 0 Å².